The topological polar surface area (TPSA) is 66.4 Å². The molecule has 0 unspecified atom stereocenters. The first kappa shape index (κ1) is 12.2. The van der Waals surface area contributed by atoms with Gasteiger partial charge >= 0.3 is 0 Å². The number of carbonyl (C=O) groups is 2. The Kier molecular flexibility index (Phi) is 4.05. The number of anilines is 1. The average Bonchev–Trinajstić information content (AvgIpc) is 2.20. The van der Waals surface area contributed by atoms with Gasteiger partial charge in [0.25, 0.3) is 0 Å². The lowest BCUT2D eigenvalue weighted by atomic mass is 10.1. The smallest absolute Gasteiger partial charge is 0.221 e. The Morgan fingerprint density at radius 3 is 2.56 bits per heavy atom. The largest absolute Gasteiger partial charge is 0.506 e. The second-order valence-corrected chi connectivity index (χ2v) is 3.59. The van der Waals surface area contributed by atoms with Crippen LogP contribution in [0.25, 0.3) is 0 Å². The molecule has 0 radical (unpaired) electrons. The number of hydrogen-bond acceptors (Lipinski definition) is 3. The van der Waals surface area contributed by atoms with Gasteiger partial charge in [0.1, 0.15) is 5.75 Å². The van der Waals surface area contributed by atoms with Gasteiger partial charge in [-0.3, -0.25) is 9.59 Å². The third kappa shape index (κ3) is 3.08. The number of nitrogens with one attached hydrogen (secondary N) is 1. The highest BCUT2D eigenvalue weighted by Crippen LogP contribution is 2.24. The van der Waals surface area contributed by atoms with Crippen LogP contribution in [0.2, 0.25) is 0 Å². The zero-order valence-corrected chi connectivity index (χ0v) is 9.41. The maximum Gasteiger partial charge on any atom is 0.221 e. The second-order valence-electron chi connectivity index (χ2n) is 3.59. The summed E-state index contributed by atoms with van der Waals surface area (Å²) in [5.41, 5.74) is 0.786. The number of rotatable bonds is 4. The molecular weight excluding hydrogens is 206 g/mol. The van der Waals surface area contributed by atoms with E-state index in [4.69, 9.17) is 0 Å². The predicted octanol–water partition coefficient (Wildman–Crippen LogP) is 2.33. The van der Waals surface area contributed by atoms with Crippen LogP contribution in [0.1, 0.15) is 37.0 Å². The summed E-state index contributed by atoms with van der Waals surface area (Å²) in [7, 11) is 0. The number of phenols is 1. The minimum atomic E-state index is -0.261. The maximum absolute atomic E-state index is 11.5. The van der Waals surface area contributed by atoms with E-state index in [1.807, 2.05) is 6.92 Å². The number of amides is 1. The molecule has 1 amide bonds. The van der Waals surface area contributed by atoms with Crippen molar-refractivity contribution < 1.29 is 14.7 Å². The molecule has 0 aromatic heterocycles. The van der Waals surface area contributed by atoms with Crippen LogP contribution >= 0.6 is 0 Å². The number of hydrogen-bond donors (Lipinski definition) is 2. The fraction of sp³-hybridized carbons (Fsp3) is 0.333. The zero-order chi connectivity index (χ0) is 12.1. The minimum Gasteiger partial charge on any atom is -0.506 e. The van der Waals surface area contributed by atoms with E-state index in [0.717, 1.165) is 6.42 Å². The molecule has 0 atom stereocenters. The van der Waals surface area contributed by atoms with E-state index in [9.17, 15) is 14.7 Å². The van der Waals surface area contributed by atoms with Crippen molar-refractivity contribution >= 4 is 17.4 Å². The van der Waals surface area contributed by atoms with Gasteiger partial charge in [-0.2, -0.15) is 0 Å². The minimum absolute atomic E-state index is 0.00725. The standard InChI is InChI=1S/C12H15NO3/c1-3-4-11(15)9-5-6-10(12(16)7-9)13-8(2)14/h5-7,16H,3-4H2,1-2H3,(H,13,14). The van der Waals surface area contributed by atoms with Crippen molar-refractivity contribution in [3.8, 4) is 5.75 Å². The molecule has 0 aliphatic rings. The van der Waals surface area contributed by atoms with Crippen LogP contribution < -0.4 is 5.32 Å². The molecule has 4 heteroatoms. The predicted molar refractivity (Wildman–Crippen MR) is 61.6 cm³/mol. The highest BCUT2D eigenvalue weighted by Gasteiger charge is 2.08. The van der Waals surface area contributed by atoms with Crippen LogP contribution in [0.5, 0.6) is 5.75 Å². The summed E-state index contributed by atoms with van der Waals surface area (Å²) in [6.45, 7) is 3.28. The van der Waals surface area contributed by atoms with Crippen molar-refractivity contribution in [3.63, 3.8) is 0 Å². The van der Waals surface area contributed by atoms with Gasteiger partial charge in [-0.25, -0.2) is 0 Å². The van der Waals surface area contributed by atoms with Crippen molar-refractivity contribution in [1.82, 2.24) is 0 Å². The summed E-state index contributed by atoms with van der Waals surface area (Å²) >= 11 is 0. The Bertz CT molecular complexity index is 413. The Labute approximate surface area is 94.3 Å². The van der Waals surface area contributed by atoms with Gasteiger partial charge in [0.05, 0.1) is 5.69 Å². The fourth-order valence-electron chi connectivity index (χ4n) is 1.37. The molecule has 0 saturated heterocycles. The summed E-state index contributed by atoms with van der Waals surface area (Å²) in [5, 5.41) is 12.1. The Morgan fingerprint density at radius 2 is 2.06 bits per heavy atom. The molecule has 0 heterocycles. The molecule has 86 valence electrons. The fourth-order valence-corrected chi connectivity index (χ4v) is 1.37. The van der Waals surface area contributed by atoms with Crippen molar-refractivity contribution in [2.75, 3.05) is 5.32 Å². The summed E-state index contributed by atoms with van der Waals surface area (Å²) < 4.78 is 0. The monoisotopic (exact) mass is 221 g/mol. The van der Waals surface area contributed by atoms with E-state index in [2.05, 4.69) is 5.32 Å². The summed E-state index contributed by atoms with van der Waals surface area (Å²) in [6, 6.07) is 4.51. The highest BCUT2D eigenvalue weighted by atomic mass is 16.3. The van der Waals surface area contributed by atoms with Gasteiger partial charge in [0, 0.05) is 18.9 Å². The summed E-state index contributed by atoms with van der Waals surface area (Å²) in [6.07, 6.45) is 1.23. The Balaban J connectivity index is 2.90. The molecule has 16 heavy (non-hydrogen) atoms. The molecule has 0 aliphatic heterocycles. The molecular formula is C12H15NO3. The van der Waals surface area contributed by atoms with Gasteiger partial charge in [0.15, 0.2) is 5.78 Å². The van der Waals surface area contributed by atoms with Gasteiger partial charge < -0.3 is 10.4 Å². The first-order valence-electron chi connectivity index (χ1n) is 5.18. The lowest BCUT2D eigenvalue weighted by Crippen LogP contribution is -2.06. The number of ketones is 1. The molecule has 1 aromatic carbocycles. The van der Waals surface area contributed by atoms with E-state index in [0.29, 0.717) is 17.7 Å². The second kappa shape index (κ2) is 5.30. The van der Waals surface area contributed by atoms with Gasteiger partial charge in [-0.1, -0.05) is 6.92 Å². The van der Waals surface area contributed by atoms with Crippen LogP contribution in [0.15, 0.2) is 18.2 Å². The first-order valence-corrected chi connectivity index (χ1v) is 5.18. The Hall–Kier alpha value is -1.84. The van der Waals surface area contributed by atoms with Crippen molar-refractivity contribution in [2.24, 2.45) is 0 Å². The van der Waals surface area contributed by atoms with Crippen molar-refractivity contribution in [2.45, 2.75) is 26.7 Å². The van der Waals surface area contributed by atoms with Crippen LogP contribution in [0.3, 0.4) is 0 Å². The zero-order valence-electron chi connectivity index (χ0n) is 9.41. The van der Waals surface area contributed by atoms with Crippen LogP contribution in [0, 0.1) is 0 Å². The summed E-state index contributed by atoms with van der Waals surface area (Å²) in [5.74, 6) is -0.354. The van der Waals surface area contributed by atoms with E-state index < -0.39 is 0 Å². The van der Waals surface area contributed by atoms with Crippen LogP contribution in [-0.2, 0) is 4.79 Å². The van der Waals surface area contributed by atoms with Crippen LogP contribution in [0.4, 0.5) is 5.69 Å². The quantitative estimate of drug-likeness (QED) is 0.605. The lowest BCUT2D eigenvalue weighted by molar-refractivity contribution is -0.114. The van der Waals surface area contributed by atoms with Gasteiger partial charge in [-0.15, -0.1) is 0 Å². The molecule has 1 rings (SSSR count). The van der Waals surface area contributed by atoms with Crippen molar-refractivity contribution in [1.29, 1.82) is 0 Å². The van der Waals surface area contributed by atoms with Gasteiger partial charge in [0.2, 0.25) is 5.91 Å². The number of aromatic hydroxyl groups is 1. The molecule has 0 bridgehead atoms. The average molecular weight is 221 g/mol. The molecule has 0 fully saturated rings. The molecule has 4 nitrogen and oxygen atoms in total. The van der Waals surface area contributed by atoms with Crippen LogP contribution in [-0.4, -0.2) is 16.8 Å². The highest BCUT2D eigenvalue weighted by molar-refractivity contribution is 5.98. The molecule has 2 N–H and O–H groups in total. The molecule has 0 spiro atoms. The SMILES string of the molecule is CCCC(=O)c1ccc(NC(C)=O)c(O)c1. The summed E-state index contributed by atoms with van der Waals surface area (Å²) in [4.78, 5) is 22.3. The Morgan fingerprint density at radius 1 is 1.38 bits per heavy atom. The molecule has 0 aliphatic carbocycles. The lowest BCUT2D eigenvalue weighted by Gasteiger charge is -2.06. The third-order valence-electron chi connectivity index (χ3n) is 2.11. The normalized spacial score (nSPS) is 9.88. The number of carbonyl (C=O) groups excluding carboxylic acids is 2. The van der Waals surface area contributed by atoms with E-state index in [1.54, 1.807) is 6.07 Å². The van der Waals surface area contributed by atoms with E-state index >= 15 is 0 Å². The number of phenolic OH excluding ortho intramolecular Hbond substituents is 1. The number of benzene rings is 1. The number of Topliss-reactive ketones (excluding diaryl/α,β-unsaturated/α-hetero) is 1. The van der Waals surface area contributed by atoms with E-state index in [1.165, 1.54) is 19.1 Å². The third-order valence-corrected chi connectivity index (χ3v) is 2.11. The van der Waals surface area contributed by atoms with Crippen molar-refractivity contribution in [3.05, 3.63) is 23.8 Å². The molecule has 0 saturated carbocycles. The van der Waals surface area contributed by atoms with Gasteiger partial charge in [-0.05, 0) is 24.6 Å². The first-order chi connectivity index (χ1) is 7.54. The van der Waals surface area contributed by atoms with E-state index in [-0.39, 0.29) is 17.4 Å². The molecule has 1 aromatic rings. The maximum atomic E-state index is 11.5.